The van der Waals surface area contributed by atoms with Crippen LogP contribution in [0.25, 0.3) is 0 Å². The lowest BCUT2D eigenvalue weighted by atomic mass is 10.1. The Hall–Kier alpha value is -3.51. The van der Waals surface area contributed by atoms with E-state index in [2.05, 4.69) is 27.9 Å². The van der Waals surface area contributed by atoms with Crippen LogP contribution in [0.1, 0.15) is 18.4 Å². The van der Waals surface area contributed by atoms with E-state index in [1.54, 1.807) is 12.3 Å². The molecule has 0 bridgehead atoms. The van der Waals surface area contributed by atoms with Gasteiger partial charge < -0.3 is 28.9 Å². The zero-order valence-corrected chi connectivity index (χ0v) is 19.6. The quantitative estimate of drug-likeness (QED) is 0.668. The number of nitriles is 1. The van der Waals surface area contributed by atoms with Crippen LogP contribution in [0.2, 0.25) is 0 Å². The molecule has 9 heteroatoms. The normalized spacial score (nSPS) is 22.1. The van der Waals surface area contributed by atoms with Crippen LogP contribution in [0.3, 0.4) is 0 Å². The molecule has 9 nitrogen and oxygen atoms in total. The van der Waals surface area contributed by atoms with Crippen LogP contribution in [-0.2, 0) is 4.79 Å². The van der Waals surface area contributed by atoms with E-state index in [1.165, 1.54) is 7.11 Å². The van der Waals surface area contributed by atoms with Crippen molar-refractivity contribution in [3.05, 3.63) is 36.0 Å². The number of amides is 1. The minimum atomic E-state index is -0.0352. The summed E-state index contributed by atoms with van der Waals surface area (Å²) in [6.07, 6.45) is 3.42. The van der Waals surface area contributed by atoms with Gasteiger partial charge in [-0.1, -0.05) is 0 Å². The van der Waals surface area contributed by atoms with Crippen molar-refractivity contribution in [2.75, 3.05) is 58.4 Å². The molecule has 2 unspecified atom stereocenters. The summed E-state index contributed by atoms with van der Waals surface area (Å²) in [6, 6.07) is 9.69. The molecule has 0 radical (unpaired) electrons. The number of methoxy groups -OCH3 is 1. The van der Waals surface area contributed by atoms with Crippen LogP contribution >= 0.6 is 0 Å². The molecule has 1 amide bonds. The Labute approximate surface area is 199 Å². The molecule has 34 heavy (non-hydrogen) atoms. The molecule has 0 aliphatic carbocycles. The van der Waals surface area contributed by atoms with E-state index in [9.17, 15) is 10.1 Å². The third-order valence-corrected chi connectivity index (χ3v) is 6.76. The molecule has 2 aromatic rings. The van der Waals surface area contributed by atoms with E-state index in [4.69, 9.17) is 14.2 Å². The first kappa shape index (κ1) is 22.3. The summed E-state index contributed by atoms with van der Waals surface area (Å²) >= 11 is 0. The largest absolute Gasteiger partial charge is 0.490 e. The smallest absolute Gasteiger partial charge is 0.231 e. The molecule has 3 aliphatic heterocycles. The van der Waals surface area contributed by atoms with E-state index in [0.29, 0.717) is 31.1 Å². The third kappa shape index (κ3) is 4.33. The van der Waals surface area contributed by atoms with Gasteiger partial charge >= 0.3 is 0 Å². The van der Waals surface area contributed by atoms with Gasteiger partial charge in [-0.25, -0.2) is 4.98 Å². The van der Waals surface area contributed by atoms with Crippen LogP contribution in [0.4, 0.5) is 11.4 Å². The van der Waals surface area contributed by atoms with Gasteiger partial charge in [-0.15, -0.1) is 0 Å². The number of rotatable bonds is 5. The number of benzene rings is 1. The molecule has 5 rings (SSSR count). The minimum absolute atomic E-state index is 0.0352. The number of carbonyl (C=O) groups excluding carboxylic acids is 1. The molecule has 0 N–H and O–H groups in total. The van der Waals surface area contributed by atoms with Gasteiger partial charge in [0.05, 0.1) is 43.7 Å². The summed E-state index contributed by atoms with van der Waals surface area (Å²) in [7, 11) is 3.57. The van der Waals surface area contributed by atoms with Gasteiger partial charge in [0.15, 0.2) is 0 Å². The summed E-state index contributed by atoms with van der Waals surface area (Å²) in [5, 5.41) is 9.45. The monoisotopic (exact) mass is 463 g/mol. The molecule has 1 aromatic heterocycles. The maximum absolute atomic E-state index is 12.9. The van der Waals surface area contributed by atoms with Crippen molar-refractivity contribution in [1.29, 1.82) is 5.26 Å². The Morgan fingerprint density at radius 2 is 2.09 bits per heavy atom. The van der Waals surface area contributed by atoms with Gasteiger partial charge in [0.1, 0.15) is 35.8 Å². The van der Waals surface area contributed by atoms with Crippen LogP contribution < -0.4 is 19.1 Å². The maximum Gasteiger partial charge on any atom is 0.231 e. The summed E-state index contributed by atoms with van der Waals surface area (Å²) in [6.45, 7) is 4.32. The van der Waals surface area contributed by atoms with Crippen molar-refractivity contribution < 1.29 is 19.0 Å². The van der Waals surface area contributed by atoms with Crippen LogP contribution in [-0.4, -0.2) is 80.3 Å². The number of fused-ring (bicyclic) bond motifs is 1. The fourth-order valence-corrected chi connectivity index (χ4v) is 4.98. The zero-order chi connectivity index (χ0) is 23.7. The average Bonchev–Trinajstić information content (AvgIpc) is 3.52. The Kier molecular flexibility index (Phi) is 6.16. The Balaban J connectivity index is 1.30. The van der Waals surface area contributed by atoms with Gasteiger partial charge in [0, 0.05) is 25.6 Å². The van der Waals surface area contributed by atoms with E-state index in [0.717, 1.165) is 55.3 Å². The predicted molar refractivity (Wildman–Crippen MR) is 126 cm³/mol. The van der Waals surface area contributed by atoms with E-state index in [1.807, 2.05) is 23.1 Å². The van der Waals surface area contributed by atoms with Crippen molar-refractivity contribution in [3.8, 4) is 23.4 Å². The van der Waals surface area contributed by atoms with Gasteiger partial charge in [-0.3, -0.25) is 4.79 Å². The lowest BCUT2D eigenvalue weighted by Crippen LogP contribution is -2.36. The summed E-state index contributed by atoms with van der Waals surface area (Å²) in [5.74, 6) is 2.15. The molecule has 0 spiro atoms. The Morgan fingerprint density at radius 1 is 1.21 bits per heavy atom. The van der Waals surface area contributed by atoms with E-state index in [-0.39, 0.29) is 17.9 Å². The lowest BCUT2D eigenvalue weighted by molar-refractivity contribution is -0.134. The van der Waals surface area contributed by atoms with Crippen LogP contribution in [0.5, 0.6) is 17.4 Å². The zero-order valence-electron chi connectivity index (χ0n) is 19.6. The van der Waals surface area contributed by atoms with E-state index < -0.39 is 0 Å². The number of likely N-dealkylation sites (tertiary alicyclic amines) is 2. The highest BCUT2D eigenvalue weighted by Crippen LogP contribution is 2.40. The third-order valence-electron chi connectivity index (χ3n) is 6.76. The number of carbonyl (C=O) groups is 1. The summed E-state index contributed by atoms with van der Waals surface area (Å²) < 4.78 is 17.3. The predicted octanol–water partition coefficient (Wildman–Crippen LogP) is 2.42. The number of aromatic nitrogens is 1. The molecular formula is C25H29N5O4. The fourth-order valence-electron chi connectivity index (χ4n) is 4.98. The number of ether oxygens (including phenoxy) is 3. The van der Waals surface area contributed by atoms with Crippen molar-refractivity contribution in [2.24, 2.45) is 5.92 Å². The first-order chi connectivity index (χ1) is 16.6. The van der Waals surface area contributed by atoms with Gasteiger partial charge in [-0.05, 0) is 38.2 Å². The second-order valence-electron chi connectivity index (χ2n) is 9.05. The van der Waals surface area contributed by atoms with Gasteiger partial charge in [-0.2, -0.15) is 5.26 Å². The second-order valence-corrected chi connectivity index (χ2v) is 9.05. The Morgan fingerprint density at radius 3 is 2.85 bits per heavy atom. The molecule has 4 heterocycles. The highest BCUT2D eigenvalue weighted by atomic mass is 16.5. The first-order valence-electron chi connectivity index (χ1n) is 11.7. The van der Waals surface area contributed by atoms with Crippen LogP contribution in [0.15, 0.2) is 30.5 Å². The van der Waals surface area contributed by atoms with E-state index >= 15 is 0 Å². The SMILES string of the molecule is COc1ncc(N2CCOc3ccc(OC4CCN(C(=O)C5CCN(C)C5)C4)cc32)cc1C#N. The van der Waals surface area contributed by atoms with Crippen LogP contribution in [0, 0.1) is 17.2 Å². The average molecular weight is 464 g/mol. The van der Waals surface area contributed by atoms with Gasteiger partial charge in [0.2, 0.25) is 11.8 Å². The van der Waals surface area contributed by atoms with Crippen molar-refractivity contribution in [1.82, 2.24) is 14.8 Å². The molecule has 1 aromatic carbocycles. The summed E-state index contributed by atoms with van der Waals surface area (Å²) in [5.41, 5.74) is 2.03. The molecule has 2 saturated heterocycles. The molecule has 3 aliphatic rings. The topological polar surface area (TPSA) is 91.2 Å². The number of anilines is 2. The minimum Gasteiger partial charge on any atom is -0.490 e. The molecule has 178 valence electrons. The van der Waals surface area contributed by atoms with Crippen molar-refractivity contribution in [3.63, 3.8) is 0 Å². The summed E-state index contributed by atoms with van der Waals surface area (Å²) in [4.78, 5) is 23.4. The van der Waals surface area contributed by atoms with Crippen molar-refractivity contribution in [2.45, 2.75) is 18.9 Å². The highest BCUT2D eigenvalue weighted by Gasteiger charge is 2.34. The fraction of sp³-hybridized carbons (Fsp3) is 0.480. The molecule has 2 fully saturated rings. The molecule has 2 atom stereocenters. The maximum atomic E-state index is 12.9. The Bertz CT molecular complexity index is 1120. The second kappa shape index (κ2) is 9.39. The number of hydrogen-bond donors (Lipinski definition) is 0. The number of hydrogen-bond acceptors (Lipinski definition) is 8. The van der Waals surface area contributed by atoms with Gasteiger partial charge in [0.25, 0.3) is 0 Å². The number of nitrogens with zero attached hydrogens (tertiary/aromatic N) is 5. The molecular weight excluding hydrogens is 434 g/mol. The lowest BCUT2D eigenvalue weighted by Gasteiger charge is -2.31. The first-order valence-corrected chi connectivity index (χ1v) is 11.7. The number of pyridine rings is 1. The van der Waals surface area contributed by atoms with Crippen molar-refractivity contribution >= 4 is 17.3 Å². The standard InChI is InChI=1S/C25H29N5O4/c1-28-7-5-17(15-28)25(31)29-8-6-21(16-29)34-20-3-4-23-22(12-20)30(9-10-33-23)19-11-18(13-26)24(32-2)27-14-19/h3-4,11-12,14,17,21H,5-10,15-16H2,1-2H3. The molecule has 0 saturated carbocycles. The highest BCUT2D eigenvalue weighted by molar-refractivity contribution is 5.79.